The molecule has 0 saturated carbocycles. The smallest absolute Gasteiger partial charge is 0.271 e. The van der Waals surface area contributed by atoms with Gasteiger partial charge in [-0.15, -0.1) is 0 Å². The number of carbonyl (C=O) groups is 1. The van der Waals surface area contributed by atoms with E-state index in [1.54, 1.807) is 37.6 Å². The largest absolute Gasteiger partial charge is 0.496 e. The molecule has 0 bridgehead atoms. The average molecular weight is 760 g/mol. The summed E-state index contributed by atoms with van der Waals surface area (Å²) in [5.74, 6) is 1.01. The summed E-state index contributed by atoms with van der Waals surface area (Å²) in [4.78, 5) is 12.3. The topological polar surface area (TPSA) is 59.9 Å². The molecule has 3 aromatic rings. The first-order valence-corrected chi connectivity index (χ1v) is 12.7. The van der Waals surface area contributed by atoms with Crippen molar-refractivity contribution >= 4 is 96.4 Å². The number of carbonyl (C=O) groups excluding carboxylic acids is 1. The third-order valence-electron chi connectivity index (χ3n) is 4.18. The zero-order valence-corrected chi connectivity index (χ0v) is 23.9. The highest BCUT2D eigenvalue weighted by Crippen LogP contribution is 2.33. The van der Waals surface area contributed by atoms with E-state index in [-0.39, 0.29) is 5.91 Å². The average Bonchev–Trinajstić information content (AvgIpc) is 2.75. The Kier molecular flexibility index (Phi) is 9.47. The lowest BCUT2D eigenvalue weighted by molar-refractivity contribution is 0.0954. The second-order valence-electron chi connectivity index (χ2n) is 6.40. The van der Waals surface area contributed by atoms with Gasteiger partial charge in [-0.2, -0.15) is 5.10 Å². The number of benzene rings is 3. The molecule has 10 heteroatoms. The summed E-state index contributed by atoms with van der Waals surface area (Å²) in [6, 6.07) is 14.3. The number of halogens is 5. The van der Waals surface area contributed by atoms with Crippen LogP contribution in [0.2, 0.25) is 10.0 Å². The van der Waals surface area contributed by atoms with Crippen LogP contribution >= 0.6 is 84.3 Å². The van der Waals surface area contributed by atoms with E-state index in [4.69, 9.17) is 32.7 Å². The molecule has 0 heterocycles. The maximum absolute atomic E-state index is 12.3. The van der Waals surface area contributed by atoms with Crippen LogP contribution in [-0.2, 0) is 6.61 Å². The number of nitrogens with one attached hydrogen (secondary N) is 1. The van der Waals surface area contributed by atoms with Crippen LogP contribution in [0.25, 0.3) is 0 Å². The molecule has 0 fully saturated rings. The molecule has 166 valence electrons. The van der Waals surface area contributed by atoms with E-state index in [0.29, 0.717) is 33.7 Å². The number of ether oxygens (including phenoxy) is 2. The van der Waals surface area contributed by atoms with Crippen molar-refractivity contribution < 1.29 is 14.3 Å². The van der Waals surface area contributed by atoms with Crippen molar-refractivity contribution in [3.05, 3.63) is 86.9 Å². The lowest BCUT2D eigenvalue weighted by Gasteiger charge is -2.12. The highest BCUT2D eigenvalue weighted by Gasteiger charge is 2.11. The SMILES string of the molecule is COc1cc(C(=O)N/N=C\c2cc(Br)c(OCc3ccc(Cl)c(Cl)c3)c(I)c2)ccc1I. The molecule has 5 nitrogen and oxygen atoms in total. The van der Waals surface area contributed by atoms with Crippen LogP contribution in [0.1, 0.15) is 21.5 Å². The minimum absolute atomic E-state index is 0.328. The minimum atomic E-state index is -0.328. The fourth-order valence-corrected chi connectivity index (χ4v) is 5.25. The summed E-state index contributed by atoms with van der Waals surface area (Å²) < 4.78 is 13.8. The van der Waals surface area contributed by atoms with Gasteiger partial charge in [-0.05, 0) is 115 Å². The standard InChI is InChI=1S/C22H15BrCl2I2N2O3/c1-31-20-9-14(3-5-18(20)26)22(30)29-28-10-13-6-15(23)21(19(27)8-13)32-11-12-2-4-16(24)17(25)7-12/h2-10H,11H2,1H3,(H,29,30)/b28-10-. The quantitative estimate of drug-likeness (QED) is 0.156. The van der Waals surface area contributed by atoms with Crippen molar-refractivity contribution in [3.63, 3.8) is 0 Å². The van der Waals surface area contributed by atoms with Gasteiger partial charge in [0.2, 0.25) is 0 Å². The first-order chi connectivity index (χ1) is 15.3. The Morgan fingerprint density at radius 1 is 1.09 bits per heavy atom. The molecule has 3 rings (SSSR count). The molecule has 0 aliphatic heterocycles. The lowest BCUT2D eigenvalue weighted by atomic mass is 10.2. The zero-order chi connectivity index (χ0) is 23.3. The van der Waals surface area contributed by atoms with E-state index in [0.717, 1.165) is 22.7 Å². The number of hydrogen-bond donors (Lipinski definition) is 1. The van der Waals surface area contributed by atoms with Gasteiger partial charge < -0.3 is 9.47 Å². The Balaban J connectivity index is 1.65. The van der Waals surface area contributed by atoms with Crippen molar-refractivity contribution in [1.82, 2.24) is 5.43 Å². The number of nitrogens with zero attached hydrogens (tertiary/aromatic N) is 1. The number of hydrogen-bond acceptors (Lipinski definition) is 4. The number of rotatable bonds is 7. The highest BCUT2D eigenvalue weighted by molar-refractivity contribution is 14.1. The van der Waals surface area contributed by atoms with E-state index in [1.165, 1.54) is 0 Å². The fraction of sp³-hybridized carbons (Fsp3) is 0.0909. The summed E-state index contributed by atoms with van der Waals surface area (Å²) in [7, 11) is 1.56. The van der Waals surface area contributed by atoms with Gasteiger partial charge in [-0.1, -0.05) is 29.3 Å². The molecule has 0 atom stereocenters. The molecular formula is C22H15BrCl2I2N2O3. The van der Waals surface area contributed by atoms with Crippen molar-refractivity contribution in [2.24, 2.45) is 5.10 Å². The van der Waals surface area contributed by atoms with Crippen molar-refractivity contribution in [2.45, 2.75) is 6.61 Å². The fourth-order valence-electron chi connectivity index (χ4n) is 2.61. The third-order valence-corrected chi connectivity index (χ3v) is 7.20. The molecule has 0 aliphatic carbocycles. The summed E-state index contributed by atoms with van der Waals surface area (Å²) in [6.45, 7) is 0.342. The second-order valence-corrected chi connectivity index (χ2v) is 10.4. The zero-order valence-electron chi connectivity index (χ0n) is 16.5. The molecule has 1 amide bonds. The molecule has 3 aromatic carbocycles. The molecule has 1 N–H and O–H groups in total. The monoisotopic (exact) mass is 758 g/mol. The van der Waals surface area contributed by atoms with Crippen LogP contribution in [0.4, 0.5) is 0 Å². The van der Waals surface area contributed by atoms with Crippen LogP contribution in [-0.4, -0.2) is 19.2 Å². The van der Waals surface area contributed by atoms with Gasteiger partial charge in [0.25, 0.3) is 5.91 Å². The molecule has 0 unspecified atom stereocenters. The predicted octanol–water partition coefficient (Wildman–Crippen LogP) is 7.32. The summed E-state index contributed by atoms with van der Waals surface area (Å²) in [5, 5.41) is 5.05. The number of methoxy groups -OCH3 is 1. The van der Waals surface area contributed by atoms with Gasteiger partial charge in [0.15, 0.2) is 0 Å². The summed E-state index contributed by atoms with van der Waals surface area (Å²) in [5.41, 5.74) is 4.69. The van der Waals surface area contributed by atoms with Gasteiger partial charge in [0, 0.05) is 5.56 Å². The predicted molar refractivity (Wildman–Crippen MR) is 148 cm³/mol. The van der Waals surface area contributed by atoms with Crippen molar-refractivity contribution in [2.75, 3.05) is 7.11 Å². The number of amides is 1. The number of hydrazone groups is 1. The first-order valence-electron chi connectivity index (χ1n) is 9.01. The van der Waals surface area contributed by atoms with Gasteiger partial charge in [0.1, 0.15) is 18.1 Å². The third kappa shape index (κ3) is 6.72. The van der Waals surface area contributed by atoms with Gasteiger partial charge in [-0.25, -0.2) is 5.43 Å². The minimum Gasteiger partial charge on any atom is -0.496 e. The molecule has 0 aliphatic rings. The molecule has 0 spiro atoms. The Bertz CT molecular complexity index is 1170. The van der Waals surface area contributed by atoms with Crippen LogP contribution in [0.3, 0.4) is 0 Å². The van der Waals surface area contributed by atoms with Gasteiger partial charge >= 0.3 is 0 Å². The Morgan fingerprint density at radius 2 is 1.88 bits per heavy atom. The Morgan fingerprint density at radius 3 is 2.56 bits per heavy atom. The van der Waals surface area contributed by atoms with E-state index in [2.05, 4.69) is 71.6 Å². The van der Waals surface area contributed by atoms with Crippen LogP contribution in [0, 0.1) is 7.14 Å². The van der Waals surface area contributed by atoms with Crippen LogP contribution in [0.5, 0.6) is 11.5 Å². The molecule has 32 heavy (non-hydrogen) atoms. The summed E-state index contributed by atoms with van der Waals surface area (Å²) >= 11 is 19.9. The first kappa shape index (κ1) is 25.5. The van der Waals surface area contributed by atoms with Gasteiger partial charge in [0.05, 0.1) is 35.0 Å². The molecule has 0 radical (unpaired) electrons. The van der Waals surface area contributed by atoms with E-state index in [9.17, 15) is 4.79 Å². The molecule has 0 aromatic heterocycles. The maximum Gasteiger partial charge on any atom is 0.271 e. The Hall–Kier alpha value is -1.08. The van der Waals surface area contributed by atoms with E-state index in [1.807, 2.05) is 24.3 Å². The molecule has 0 saturated heterocycles. The van der Waals surface area contributed by atoms with Crippen LogP contribution in [0.15, 0.2) is 58.1 Å². The van der Waals surface area contributed by atoms with Gasteiger partial charge in [-0.3, -0.25) is 4.79 Å². The van der Waals surface area contributed by atoms with Crippen molar-refractivity contribution in [3.8, 4) is 11.5 Å². The van der Waals surface area contributed by atoms with Crippen molar-refractivity contribution in [1.29, 1.82) is 0 Å². The maximum atomic E-state index is 12.3. The van der Waals surface area contributed by atoms with Crippen LogP contribution < -0.4 is 14.9 Å². The summed E-state index contributed by atoms with van der Waals surface area (Å²) in [6.07, 6.45) is 1.57. The second kappa shape index (κ2) is 11.9. The highest BCUT2D eigenvalue weighted by atomic mass is 127. The van der Waals surface area contributed by atoms with E-state index >= 15 is 0 Å². The molecular weight excluding hydrogens is 745 g/mol. The van der Waals surface area contributed by atoms with E-state index < -0.39 is 0 Å². The normalized spacial score (nSPS) is 10.9. The Labute approximate surface area is 231 Å². The lowest BCUT2D eigenvalue weighted by Crippen LogP contribution is -2.17.